The lowest BCUT2D eigenvalue weighted by molar-refractivity contribution is -0.137. The van der Waals surface area contributed by atoms with Gasteiger partial charge in [-0.05, 0) is 54.1 Å². The van der Waals surface area contributed by atoms with Gasteiger partial charge in [0.05, 0.1) is 10.5 Å². The van der Waals surface area contributed by atoms with Crippen molar-refractivity contribution in [1.82, 2.24) is 4.90 Å². The highest BCUT2D eigenvalue weighted by Crippen LogP contribution is 2.32. The summed E-state index contributed by atoms with van der Waals surface area (Å²) in [6, 6.07) is 11.4. The van der Waals surface area contributed by atoms with E-state index in [1.54, 1.807) is 0 Å². The van der Waals surface area contributed by atoms with Crippen molar-refractivity contribution in [3.05, 3.63) is 83.4 Å². The van der Waals surface area contributed by atoms with Gasteiger partial charge in [-0.25, -0.2) is 17.2 Å². The third-order valence-electron chi connectivity index (χ3n) is 6.00. The van der Waals surface area contributed by atoms with Gasteiger partial charge in [0.1, 0.15) is 11.6 Å². The number of alkyl halides is 3. The number of hydrogen-bond acceptors (Lipinski definition) is 4. The molecule has 1 fully saturated rings. The Hall–Kier alpha value is -3.47. The van der Waals surface area contributed by atoms with E-state index in [1.165, 1.54) is 41.3 Å². The van der Waals surface area contributed by atoms with Crippen LogP contribution in [0.4, 0.5) is 27.6 Å². The van der Waals surface area contributed by atoms with Crippen LogP contribution < -0.4 is 4.90 Å². The highest BCUT2D eigenvalue weighted by molar-refractivity contribution is 7.90. The van der Waals surface area contributed by atoms with Crippen LogP contribution in [0.5, 0.6) is 0 Å². The summed E-state index contributed by atoms with van der Waals surface area (Å²) in [4.78, 5) is 16.6. The maximum Gasteiger partial charge on any atom is 0.416 e. The number of piperazine rings is 1. The molecule has 1 heterocycles. The minimum Gasteiger partial charge on any atom is -0.368 e. The smallest absolute Gasteiger partial charge is 0.368 e. The van der Waals surface area contributed by atoms with Gasteiger partial charge in [0.25, 0.3) is 5.91 Å². The molecule has 0 aliphatic carbocycles. The van der Waals surface area contributed by atoms with Gasteiger partial charge in [-0.3, -0.25) is 4.79 Å². The summed E-state index contributed by atoms with van der Waals surface area (Å²) in [7, 11) is -3.68. The van der Waals surface area contributed by atoms with Crippen molar-refractivity contribution in [1.29, 1.82) is 0 Å². The molecule has 1 saturated heterocycles. The Bertz CT molecular complexity index is 1400. The van der Waals surface area contributed by atoms with Crippen molar-refractivity contribution >= 4 is 21.4 Å². The quantitative estimate of drug-likeness (QED) is 0.450. The lowest BCUT2D eigenvalue weighted by Crippen LogP contribution is -2.49. The van der Waals surface area contributed by atoms with Gasteiger partial charge in [-0.1, -0.05) is 6.07 Å². The highest BCUT2D eigenvalue weighted by Gasteiger charge is 2.31. The molecule has 3 aromatic carbocycles. The molecule has 190 valence electrons. The summed E-state index contributed by atoms with van der Waals surface area (Å²) >= 11 is 0. The zero-order valence-corrected chi connectivity index (χ0v) is 19.8. The number of nitrogens with zero attached hydrogens (tertiary/aromatic N) is 2. The molecule has 11 heteroatoms. The van der Waals surface area contributed by atoms with Crippen LogP contribution in [0.1, 0.15) is 15.9 Å². The standard InChI is InChI=1S/C25H21F5N2O3S/c1-36(34,35)19-7-9-20(21-8-4-17(26)14-23(21)27)22(15-19)24(33)32-12-10-31(11-13-32)18-5-2-16(3-6-18)25(28,29)30/h2-9,14-15H,10-13H2,1H3. The van der Waals surface area contributed by atoms with Crippen molar-refractivity contribution in [2.24, 2.45) is 0 Å². The average molecular weight is 525 g/mol. The predicted octanol–water partition coefficient (Wildman–Crippen LogP) is 5.02. The van der Waals surface area contributed by atoms with E-state index in [9.17, 15) is 35.2 Å². The first-order chi connectivity index (χ1) is 16.8. The number of benzene rings is 3. The lowest BCUT2D eigenvalue weighted by Gasteiger charge is -2.36. The van der Waals surface area contributed by atoms with Crippen LogP contribution in [0.15, 0.2) is 65.6 Å². The van der Waals surface area contributed by atoms with Crippen LogP contribution in [0.2, 0.25) is 0 Å². The summed E-state index contributed by atoms with van der Waals surface area (Å²) in [6.45, 7) is 1.05. The van der Waals surface area contributed by atoms with Gasteiger partial charge in [-0.15, -0.1) is 0 Å². The van der Waals surface area contributed by atoms with Gasteiger partial charge in [0, 0.05) is 55.3 Å². The molecule has 36 heavy (non-hydrogen) atoms. The van der Waals surface area contributed by atoms with E-state index >= 15 is 0 Å². The average Bonchev–Trinajstić information content (AvgIpc) is 2.82. The molecule has 0 atom stereocenters. The van der Waals surface area contributed by atoms with Crippen molar-refractivity contribution in [2.45, 2.75) is 11.1 Å². The number of amides is 1. The minimum absolute atomic E-state index is 0.0496. The van der Waals surface area contributed by atoms with Crippen LogP contribution in [0.25, 0.3) is 11.1 Å². The Kier molecular flexibility index (Phi) is 6.78. The second-order valence-electron chi connectivity index (χ2n) is 8.43. The van der Waals surface area contributed by atoms with Crippen molar-refractivity contribution in [3.8, 4) is 11.1 Å². The van der Waals surface area contributed by atoms with E-state index in [0.29, 0.717) is 24.8 Å². The SMILES string of the molecule is CS(=O)(=O)c1ccc(-c2ccc(F)cc2F)c(C(=O)N2CCN(c3ccc(C(F)(F)F)cc3)CC2)c1. The van der Waals surface area contributed by atoms with E-state index in [0.717, 1.165) is 24.5 Å². The number of carbonyl (C=O) groups is 1. The number of rotatable bonds is 4. The maximum absolute atomic E-state index is 14.5. The first-order valence-corrected chi connectivity index (χ1v) is 12.7. The predicted molar refractivity (Wildman–Crippen MR) is 124 cm³/mol. The summed E-state index contributed by atoms with van der Waals surface area (Å²) in [5.74, 6) is -2.23. The molecule has 0 aromatic heterocycles. The lowest BCUT2D eigenvalue weighted by atomic mass is 9.98. The molecule has 1 amide bonds. The topological polar surface area (TPSA) is 57.7 Å². The van der Waals surface area contributed by atoms with E-state index in [2.05, 4.69) is 0 Å². The Labute approximate surface area is 204 Å². The van der Waals surface area contributed by atoms with Gasteiger partial charge in [0.15, 0.2) is 9.84 Å². The molecule has 1 aliphatic rings. The zero-order valence-electron chi connectivity index (χ0n) is 19.0. The third kappa shape index (κ3) is 5.35. The number of hydrogen-bond donors (Lipinski definition) is 0. The molecule has 5 nitrogen and oxygen atoms in total. The van der Waals surface area contributed by atoms with E-state index in [1.807, 2.05) is 4.90 Å². The maximum atomic E-state index is 14.5. The highest BCUT2D eigenvalue weighted by atomic mass is 32.2. The molecule has 0 spiro atoms. The van der Waals surface area contributed by atoms with Crippen LogP contribution in [-0.4, -0.2) is 51.7 Å². The fraction of sp³-hybridized carbons (Fsp3) is 0.240. The van der Waals surface area contributed by atoms with Gasteiger partial charge in [0.2, 0.25) is 0 Å². The van der Waals surface area contributed by atoms with Gasteiger partial charge >= 0.3 is 6.18 Å². The van der Waals surface area contributed by atoms with Crippen LogP contribution >= 0.6 is 0 Å². The number of sulfone groups is 1. The van der Waals surface area contributed by atoms with Crippen molar-refractivity contribution < 1.29 is 35.2 Å². The number of carbonyl (C=O) groups excluding carboxylic acids is 1. The molecule has 4 rings (SSSR count). The molecule has 1 aliphatic heterocycles. The molecular weight excluding hydrogens is 503 g/mol. The molecule has 0 N–H and O–H groups in total. The number of halogens is 5. The summed E-state index contributed by atoms with van der Waals surface area (Å²) < 4.78 is 90.7. The monoisotopic (exact) mass is 524 g/mol. The Morgan fingerprint density at radius 3 is 2.00 bits per heavy atom. The summed E-state index contributed by atoms with van der Waals surface area (Å²) in [5, 5.41) is 0. The number of anilines is 1. The van der Waals surface area contributed by atoms with E-state index < -0.39 is 39.1 Å². The van der Waals surface area contributed by atoms with Gasteiger partial charge < -0.3 is 9.80 Å². The fourth-order valence-corrected chi connectivity index (χ4v) is 4.72. The van der Waals surface area contributed by atoms with Gasteiger partial charge in [-0.2, -0.15) is 13.2 Å². The van der Waals surface area contributed by atoms with Crippen LogP contribution in [0, 0.1) is 11.6 Å². The fourth-order valence-electron chi connectivity index (χ4n) is 4.07. The molecule has 0 bridgehead atoms. The molecule has 0 unspecified atom stereocenters. The van der Waals surface area contributed by atoms with E-state index in [4.69, 9.17) is 0 Å². The largest absolute Gasteiger partial charge is 0.416 e. The third-order valence-corrected chi connectivity index (χ3v) is 7.11. The molecule has 3 aromatic rings. The molecule has 0 radical (unpaired) electrons. The molecular formula is C25H21F5N2O3S. The van der Waals surface area contributed by atoms with Crippen LogP contribution in [-0.2, 0) is 16.0 Å². The Morgan fingerprint density at radius 1 is 0.833 bits per heavy atom. The second-order valence-corrected chi connectivity index (χ2v) is 10.4. The van der Waals surface area contributed by atoms with Crippen molar-refractivity contribution in [2.75, 3.05) is 37.3 Å². The zero-order chi connectivity index (χ0) is 26.3. The first kappa shape index (κ1) is 25.6. The normalized spacial score (nSPS) is 14.7. The Balaban J connectivity index is 1.60. The first-order valence-electron chi connectivity index (χ1n) is 10.9. The van der Waals surface area contributed by atoms with E-state index in [-0.39, 0.29) is 34.7 Å². The Morgan fingerprint density at radius 2 is 1.44 bits per heavy atom. The van der Waals surface area contributed by atoms with Crippen LogP contribution in [0.3, 0.4) is 0 Å². The summed E-state index contributed by atoms with van der Waals surface area (Å²) in [5.41, 5.74) is -0.167. The molecule has 0 saturated carbocycles. The van der Waals surface area contributed by atoms with Crippen molar-refractivity contribution in [3.63, 3.8) is 0 Å². The second kappa shape index (κ2) is 9.53. The minimum atomic E-state index is -4.44. The summed E-state index contributed by atoms with van der Waals surface area (Å²) in [6.07, 6.45) is -3.45.